The van der Waals surface area contributed by atoms with Crippen molar-refractivity contribution in [3.05, 3.63) is 34.9 Å². The molecular formula is C9H4F7NO2. The molecule has 0 fully saturated rings. The lowest BCUT2D eigenvalue weighted by molar-refractivity contribution is -0.184. The quantitative estimate of drug-likeness (QED) is 0.402. The van der Waals surface area contributed by atoms with E-state index in [0.29, 0.717) is 0 Å². The molecule has 1 aromatic carbocycles. The molecule has 19 heavy (non-hydrogen) atoms. The first-order chi connectivity index (χ1) is 8.63. The molecule has 0 saturated heterocycles. The van der Waals surface area contributed by atoms with Crippen molar-refractivity contribution in [1.82, 2.24) is 5.48 Å². The number of hydrogen-bond acceptors (Lipinski definition) is 2. The van der Waals surface area contributed by atoms with Crippen molar-refractivity contribution < 1.29 is 40.4 Å². The third-order valence-corrected chi connectivity index (χ3v) is 1.75. The average Bonchev–Trinajstić information content (AvgIpc) is 2.29. The van der Waals surface area contributed by atoms with Gasteiger partial charge in [-0.15, -0.1) is 0 Å². The van der Waals surface area contributed by atoms with Gasteiger partial charge in [0.05, 0.1) is 5.56 Å². The minimum Gasteiger partial charge on any atom is -0.267 e. The lowest BCUT2D eigenvalue weighted by atomic mass is 10.2. The molecule has 0 aliphatic carbocycles. The van der Waals surface area contributed by atoms with Gasteiger partial charge in [0, 0.05) is 0 Å². The lowest BCUT2D eigenvalue weighted by Crippen LogP contribution is -2.30. The number of carbonyl (C=O) groups is 1. The summed E-state index contributed by atoms with van der Waals surface area (Å²) in [5.74, 6) is -10.0. The summed E-state index contributed by atoms with van der Waals surface area (Å²) >= 11 is 0. The summed E-state index contributed by atoms with van der Waals surface area (Å²) in [7, 11) is 0. The number of rotatable bonds is 3. The van der Waals surface area contributed by atoms with Gasteiger partial charge in [-0.3, -0.25) is 9.63 Å². The van der Waals surface area contributed by atoms with Crippen molar-refractivity contribution in [3.8, 4) is 0 Å². The van der Waals surface area contributed by atoms with Gasteiger partial charge < -0.3 is 0 Å². The van der Waals surface area contributed by atoms with Crippen LogP contribution < -0.4 is 5.48 Å². The third-order valence-electron chi connectivity index (χ3n) is 1.75. The highest BCUT2D eigenvalue weighted by Crippen LogP contribution is 2.19. The first kappa shape index (κ1) is 15.2. The van der Waals surface area contributed by atoms with Crippen LogP contribution in [0.5, 0.6) is 0 Å². The van der Waals surface area contributed by atoms with Crippen LogP contribution in [0.15, 0.2) is 6.07 Å². The second-order valence-electron chi connectivity index (χ2n) is 3.18. The van der Waals surface area contributed by atoms with E-state index in [1.807, 2.05) is 0 Å². The van der Waals surface area contributed by atoms with Crippen LogP contribution in [0.1, 0.15) is 10.4 Å². The molecule has 106 valence electrons. The van der Waals surface area contributed by atoms with Crippen molar-refractivity contribution in [2.24, 2.45) is 0 Å². The predicted octanol–water partition coefficient (Wildman–Crippen LogP) is 2.47. The molecule has 1 amide bonds. The minimum absolute atomic E-state index is 0.0139. The Labute approximate surface area is 100 Å². The SMILES string of the molecule is O=C(NOCC(F)(F)F)c1cc(F)c(F)c(F)c1F. The number of alkyl halides is 3. The van der Waals surface area contributed by atoms with E-state index in [2.05, 4.69) is 4.84 Å². The van der Waals surface area contributed by atoms with Crippen LogP contribution in [0.2, 0.25) is 0 Å². The van der Waals surface area contributed by atoms with Crippen molar-refractivity contribution >= 4 is 5.91 Å². The fourth-order valence-corrected chi connectivity index (χ4v) is 0.977. The first-order valence-corrected chi connectivity index (χ1v) is 4.45. The molecule has 3 nitrogen and oxygen atoms in total. The highest BCUT2D eigenvalue weighted by atomic mass is 19.4. The maximum absolute atomic E-state index is 13.0. The zero-order chi connectivity index (χ0) is 14.8. The molecule has 1 aromatic rings. The molecule has 10 heteroatoms. The van der Waals surface area contributed by atoms with E-state index < -0.39 is 47.5 Å². The van der Waals surface area contributed by atoms with E-state index in [1.54, 1.807) is 0 Å². The van der Waals surface area contributed by atoms with E-state index in [4.69, 9.17) is 0 Å². The minimum atomic E-state index is -4.77. The number of amides is 1. The normalized spacial score (nSPS) is 11.5. The predicted molar refractivity (Wildman–Crippen MR) is 45.7 cm³/mol. The van der Waals surface area contributed by atoms with Crippen LogP contribution in [-0.2, 0) is 4.84 Å². The van der Waals surface area contributed by atoms with Crippen LogP contribution in [0.3, 0.4) is 0 Å². The second kappa shape index (κ2) is 5.43. The standard InChI is InChI=1S/C9H4F7NO2/c10-4-1-3(5(11)7(13)6(4)12)8(18)17-19-2-9(14,15)16/h1H,2H2,(H,17,18). The third kappa shape index (κ3) is 3.81. The fourth-order valence-electron chi connectivity index (χ4n) is 0.977. The Kier molecular flexibility index (Phi) is 4.35. The molecule has 0 atom stereocenters. The Bertz CT molecular complexity index is 500. The number of hydroxylamine groups is 1. The molecule has 0 aromatic heterocycles. The molecule has 0 bridgehead atoms. The Morgan fingerprint density at radius 3 is 2.21 bits per heavy atom. The summed E-state index contributed by atoms with van der Waals surface area (Å²) in [4.78, 5) is 14.7. The van der Waals surface area contributed by atoms with Crippen LogP contribution in [0.4, 0.5) is 30.7 Å². The molecule has 1 N–H and O–H groups in total. The number of nitrogens with one attached hydrogen (secondary N) is 1. The molecule has 0 saturated carbocycles. The number of carbonyl (C=O) groups excluding carboxylic acids is 1. The van der Waals surface area contributed by atoms with Gasteiger partial charge in [0.25, 0.3) is 5.91 Å². The van der Waals surface area contributed by atoms with Crippen molar-refractivity contribution in [2.45, 2.75) is 6.18 Å². The van der Waals surface area contributed by atoms with Crippen molar-refractivity contribution in [1.29, 1.82) is 0 Å². The second-order valence-corrected chi connectivity index (χ2v) is 3.18. The molecule has 0 aliphatic heterocycles. The smallest absolute Gasteiger partial charge is 0.267 e. The average molecular weight is 291 g/mol. The van der Waals surface area contributed by atoms with Gasteiger partial charge in [0.1, 0.15) is 0 Å². The first-order valence-electron chi connectivity index (χ1n) is 4.45. The van der Waals surface area contributed by atoms with E-state index in [0.717, 1.165) is 5.48 Å². The molecule has 0 heterocycles. The van der Waals surface area contributed by atoms with Gasteiger partial charge in [-0.25, -0.2) is 23.0 Å². The maximum Gasteiger partial charge on any atom is 0.414 e. The van der Waals surface area contributed by atoms with Gasteiger partial charge >= 0.3 is 6.18 Å². The maximum atomic E-state index is 13.0. The van der Waals surface area contributed by atoms with Crippen molar-refractivity contribution in [3.63, 3.8) is 0 Å². The van der Waals surface area contributed by atoms with Crippen molar-refractivity contribution in [2.75, 3.05) is 6.61 Å². The molecule has 1 rings (SSSR count). The van der Waals surface area contributed by atoms with Crippen LogP contribution >= 0.6 is 0 Å². The summed E-state index contributed by atoms with van der Waals surface area (Å²) in [5, 5.41) is 0. The van der Waals surface area contributed by atoms with Gasteiger partial charge in [-0.2, -0.15) is 13.2 Å². The van der Waals surface area contributed by atoms with Crippen LogP contribution in [0, 0.1) is 23.3 Å². The summed E-state index contributed by atoms with van der Waals surface area (Å²) in [6, 6.07) is -0.0139. The van der Waals surface area contributed by atoms with Crippen LogP contribution in [0.25, 0.3) is 0 Å². The summed E-state index contributed by atoms with van der Waals surface area (Å²) < 4.78 is 86.0. The zero-order valence-electron chi connectivity index (χ0n) is 8.75. The Morgan fingerprint density at radius 2 is 1.68 bits per heavy atom. The van der Waals surface area contributed by atoms with Gasteiger partial charge in [0.15, 0.2) is 29.9 Å². The molecule has 0 aliphatic rings. The van der Waals surface area contributed by atoms with Crippen LogP contribution in [-0.4, -0.2) is 18.7 Å². The van der Waals surface area contributed by atoms with Gasteiger partial charge in [0.2, 0.25) is 0 Å². The Morgan fingerprint density at radius 1 is 1.11 bits per heavy atom. The Balaban J connectivity index is 2.84. The number of halogens is 7. The van der Waals surface area contributed by atoms with E-state index in [-0.39, 0.29) is 6.07 Å². The summed E-state index contributed by atoms with van der Waals surface area (Å²) in [6.45, 7) is -1.90. The largest absolute Gasteiger partial charge is 0.414 e. The number of benzene rings is 1. The summed E-state index contributed by atoms with van der Waals surface area (Å²) in [6.07, 6.45) is -4.77. The monoisotopic (exact) mass is 291 g/mol. The fraction of sp³-hybridized carbons (Fsp3) is 0.222. The zero-order valence-corrected chi connectivity index (χ0v) is 8.75. The Hall–Kier alpha value is -1.84. The molecule has 0 radical (unpaired) electrons. The molecular weight excluding hydrogens is 287 g/mol. The molecule has 0 spiro atoms. The van der Waals surface area contributed by atoms with Gasteiger partial charge in [-0.05, 0) is 6.07 Å². The van der Waals surface area contributed by atoms with E-state index in [9.17, 15) is 35.5 Å². The highest BCUT2D eigenvalue weighted by Gasteiger charge is 2.29. The molecule has 0 unspecified atom stereocenters. The lowest BCUT2D eigenvalue weighted by Gasteiger charge is -2.09. The number of hydrogen-bond donors (Lipinski definition) is 1. The summed E-state index contributed by atoms with van der Waals surface area (Å²) in [5.41, 5.74) is -0.219. The van der Waals surface area contributed by atoms with E-state index in [1.165, 1.54) is 0 Å². The van der Waals surface area contributed by atoms with E-state index >= 15 is 0 Å². The van der Waals surface area contributed by atoms with Gasteiger partial charge in [-0.1, -0.05) is 0 Å². The topological polar surface area (TPSA) is 38.3 Å². The highest BCUT2D eigenvalue weighted by molar-refractivity contribution is 5.93.